The molecule has 0 saturated heterocycles. The smallest absolute Gasteiger partial charge is 0.281 e. The molecule has 10 nitrogen and oxygen atoms in total. The Labute approximate surface area is 172 Å². The van der Waals surface area contributed by atoms with Gasteiger partial charge in [-0.3, -0.25) is 39.4 Å². The molecule has 0 spiro atoms. The van der Waals surface area contributed by atoms with Gasteiger partial charge in [-0.05, 0) is 12.1 Å². The first-order valence-corrected chi connectivity index (χ1v) is 9.46. The monoisotopic (exact) mass is 434 g/mol. The minimum absolute atomic E-state index is 0.194. The molecule has 0 unspecified atom stereocenters. The van der Waals surface area contributed by atoms with Gasteiger partial charge in [-0.25, -0.2) is 0 Å². The van der Waals surface area contributed by atoms with Crippen LogP contribution in [0.2, 0.25) is 0 Å². The number of rotatable bonds is 2. The molecule has 0 radical (unpaired) electrons. The molecular formula is C20H6N2O8S. The summed E-state index contributed by atoms with van der Waals surface area (Å²) in [5.41, 5.74) is -4.47. The van der Waals surface area contributed by atoms with E-state index in [1.165, 1.54) is 24.3 Å². The Bertz CT molecular complexity index is 1880. The molecule has 1 heterocycles. The maximum atomic E-state index is 13.2. The summed E-state index contributed by atoms with van der Waals surface area (Å²) in [7, 11) is 0. The number of thiophene rings is 1. The molecule has 0 aliphatic carbocycles. The van der Waals surface area contributed by atoms with Crippen molar-refractivity contribution in [1.29, 1.82) is 0 Å². The zero-order valence-corrected chi connectivity index (χ0v) is 15.8. The van der Waals surface area contributed by atoms with E-state index in [1.807, 2.05) is 0 Å². The van der Waals surface area contributed by atoms with Crippen LogP contribution >= 0.6 is 11.3 Å². The summed E-state index contributed by atoms with van der Waals surface area (Å²) in [6.45, 7) is 0. The molecule has 5 aromatic rings. The highest BCUT2D eigenvalue weighted by Crippen LogP contribution is 2.32. The third-order valence-electron chi connectivity index (χ3n) is 5.20. The maximum absolute atomic E-state index is 13.2. The van der Waals surface area contributed by atoms with Gasteiger partial charge in [-0.1, -0.05) is 12.1 Å². The topological polar surface area (TPSA) is 155 Å². The van der Waals surface area contributed by atoms with Crippen molar-refractivity contribution in [2.24, 2.45) is 0 Å². The van der Waals surface area contributed by atoms with Gasteiger partial charge < -0.3 is 0 Å². The quantitative estimate of drug-likeness (QED) is 0.303. The van der Waals surface area contributed by atoms with Crippen molar-refractivity contribution in [3.8, 4) is 0 Å². The molecule has 0 saturated carbocycles. The van der Waals surface area contributed by atoms with E-state index in [2.05, 4.69) is 0 Å². The number of benzene rings is 4. The van der Waals surface area contributed by atoms with Crippen molar-refractivity contribution in [2.75, 3.05) is 0 Å². The summed E-state index contributed by atoms with van der Waals surface area (Å²) in [6, 6.07) is 7.13. The maximum Gasteiger partial charge on any atom is 0.281 e. The summed E-state index contributed by atoms with van der Waals surface area (Å²) in [4.78, 5) is 73.7. The fraction of sp³-hybridized carbons (Fsp3) is 0. The number of hydrogen-bond acceptors (Lipinski definition) is 9. The number of nitro benzene ring substituents is 2. The lowest BCUT2D eigenvalue weighted by Crippen LogP contribution is -2.16. The summed E-state index contributed by atoms with van der Waals surface area (Å²) in [5.74, 6) is 0. The molecule has 0 amide bonds. The van der Waals surface area contributed by atoms with Crippen molar-refractivity contribution < 1.29 is 9.85 Å². The molecule has 11 heteroatoms. The van der Waals surface area contributed by atoms with Gasteiger partial charge in [0.15, 0.2) is 5.43 Å². The summed E-state index contributed by atoms with van der Waals surface area (Å²) in [6.07, 6.45) is 0. The number of nitrogens with zero attached hydrogens (tertiary/aromatic N) is 2. The summed E-state index contributed by atoms with van der Waals surface area (Å²) >= 11 is 0.590. The van der Waals surface area contributed by atoms with E-state index in [-0.39, 0.29) is 30.9 Å². The van der Waals surface area contributed by atoms with E-state index < -0.39 is 53.7 Å². The predicted octanol–water partition coefficient (Wildman–Crippen LogP) is 2.49. The normalized spacial score (nSPS) is 11.6. The van der Waals surface area contributed by atoms with Crippen molar-refractivity contribution >= 4 is 64.4 Å². The molecule has 31 heavy (non-hydrogen) atoms. The minimum atomic E-state index is -0.913. The molecule has 150 valence electrons. The van der Waals surface area contributed by atoms with E-state index in [0.717, 1.165) is 12.1 Å². The highest BCUT2D eigenvalue weighted by atomic mass is 32.1. The van der Waals surface area contributed by atoms with Crippen molar-refractivity contribution in [3.63, 3.8) is 0 Å². The number of non-ortho nitro benzene ring substituents is 2. The zero-order valence-electron chi connectivity index (χ0n) is 15.0. The van der Waals surface area contributed by atoms with Crippen LogP contribution in [0.3, 0.4) is 0 Å². The SMILES string of the molecule is O=c1c2cccc([N+](=O)[O-])c2c(=O)c2c1sc1c(=O)c3c([N+](=O)[O-])cccc3c(=O)c12. The number of fused-ring (bicyclic) bond motifs is 5. The van der Waals surface area contributed by atoms with Gasteiger partial charge in [0.2, 0.25) is 16.3 Å². The summed E-state index contributed by atoms with van der Waals surface area (Å²) in [5, 5.41) is 20.7. The largest absolute Gasteiger partial charge is 0.288 e. The second kappa shape index (κ2) is 6.06. The van der Waals surface area contributed by atoms with Gasteiger partial charge in [-0.15, -0.1) is 11.3 Å². The molecule has 4 aromatic carbocycles. The standard InChI is InChI=1S/C20H6N2O8S/c23-15-7-3-1-6-10(22(29)30)12(7)18(26)20-13(15)14-17(25)11-8(16(24)19(14)31-20)4-2-5-9(11)21(27)28/h1-6H. The van der Waals surface area contributed by atoms with Crippen LogP contribution in [0.4, 0.5) is 11.4 Å². The Morgan fingerprint density at radius 3 is 1.58 bits per heavy atom. The van der Waals surface area contributed by atoms with Gasteiger partial charge in [-0.2, -0.15) is 0 Å². The average molecular weight is 434 g/mol. The third-order valence-corrected chi connectivity index (χ3v) is 6.38. The lowest BCUT2D eigenvalue weighted by Gasteiger charge is -2.00. The first-order valence-electron chi connectivity index (χ1n) is 8.64. The fourth-order valence-corrected chi connectivity index (χ4v) is 5.12. The Morgan fingerprint density at radius 1 is 0.581 bits per heavy atom. The minimum Gasteiger partial charge on any atom is -0.288 e. The lowest BCUT2D eigenvalue weighted by molar-refractivity contribution is -0.383. The van der Waals surface area contributed by atoms with Crippen molar-refractivity contribution in [2.45, 2.75) is 0 Å². The molecule has 0 N–H and O–H groups in total. The summed E-state index contributed by atoms with van der Waals surface area (Å²) < 4.78 is -0.464. The van der Waals surface area contributed by atoms with Gasteiger partial charge in [0.05, 0.1) is 30.0 Å². The zero-order chi connectivity index (χ0) is 22.2. The van der Waals surface area contributed by atoms with Crippen LogP contribution in [0, 0.1) is 20.2 Å². The van der Waals surface area contributed by atoms with E-state index in [9.17, 15) is 39.4 Å². The molecule has 1 aromatic heterocycles. The molecule has 0 bridgehead atoms. The number of nitro groups is 2. The van der Waals surface area contributed by atoms with Gasteiger partial charge in [0.1, 0.15) is 10.8 Å². The molecule has 0 atom stereocenters. The van der Waals surface area contributed by atoms with Crippen LogP contribution in [0.15, 0.2) is 55.6 Å². The fourth-order valence-electron chi connectivity index (χ4n) is 3.92. The second-order valence-electron chi connectivity index (χ2n) is 6.74. The molecular weight excluding hydrogens is 428 g/mol. The van der Waals surface area contributed by atoms with E-state index in [4.69, 9.17) is 0 Å². The first-order chi connectivity index (χ1) is 14.7. The van der Waals surface area contributed by atoms with E-state index >= 15 is 0 Å². The van der Waals surface area contributed by atoms with Gasteiger partial charge >= 0.3 is 0 Å². The second-order valence-corrected chi connectivity index (χ2v) is 7.76. The van der Waals surface area contributed by atoms with Crippen molar-refractivity contribution in [3.05, 3.63) is 97.5 Å². The van der Waals surface area contributed by atoms with Gasteiger partial charge in [0, 0.05) is 22.9 Å². The Morgan fingerprint density at radius 2 is 1.03 bits per heavy atom. The van der Waals surface area contributed by atoms with E-state index in [0.29, 0.717) is 11.3 Å². The molecule has 0 aliphatic heterocycles. The third kappa shape index (κ3) is 2.25. The van der Waals surface area contributed by atoms with Crippen molar-refractivity contribution in [1.82, 2.24) is 0 Å². The highest BCUT2D eigenvalue weighted by molar-refractivity contribution is 7.25. The highest BCUT2D eigenvalue weighted by Gasteiger charge is 2.27. The number of hydrogen-bond donors (Lipinski definition) is 0. The molecule has 5 rings (SSSR count). The Kier molecular flexibility index (Phi) is 3.64. The molecule has 0 aliphatic rings. The van der Waals surface area contributed by atoms with Crippen LogP contribution in [0.1, 0.15) is 0 Å². The van der Waals surface area contributed by atoms with Crippen LogP contribution in [-0.2, 0) is 0 Å². The first kappa shape index (κ1) is 18.6. The predicted molar refractivity (Wildman–Crippen MR) is 115 cm³/mol. The average Bonchev–Trinajstić information content (AvgIpc) is 3.16. The lowest BCUT2D eigenvalue weighted by atomic mass is 10.0. The van der Waals surface area contributed by atoms with Crippen LogP contribution in [0.25, 0.3) is 41.7 Å². The van der Waals surface area contributed by atoms with Crippen LogP contribution in [0.5, 0.6) is 0 Å². The Balaban J connectivity index is 2.18. The van der Waals surface area contributed by atoms with Crippen LogP contribution < -0.4 is 21.7 Å². The molecule has 0 fully saturated rings. The Hall–Kier alpha value is -4.38. The van der Waals surface area contributed by atoms with Crippen LogP contribution in [-0.4, -0.2) is 9.85 Å². The van der Waals surface area contributed by atoms with Gasteiger partial charge in [0.25, 0.3) is 11.4 Å². The van der Waals surface area contributed by atoms with E-state index in [1.54, 1.807) is 0 Å².